The number of nitrogens with zero attached hydrogens (tertiary/aromatic N) is 1. The highest BCUT2D eigenvalue weighted by Crippen LogP contribution is 2.14. The van der Waals surface area contributed by atoms with Crippen LogP contribution in [0.1, 0.15) is 42.6 Å². The Kier molecular flexibility index (Phi) is 5.36. The molecule has 6 nitrogen and oxygen atoms in total. The first-order chi connectivity index (χ1) is 10.9. The van der Waals surface area contributed by atoms with Crippen molar-refractivity contribution in [2.45, 2.75) is 45.2 Å². The first-order valence-electron chi connectivity index (χ1n) is 7.80. The number of nitrogens with one attached hydrogen (secondary N) is 1. The van der Waals surface area contributed by atoms with Crippen molar-refractivity contribution in [3.8, 4) is 0 Å². The van der Waals surface area contributed by atoms with E-state index in [1.165, 1.54) is 12.1 Å². The third kappa shape index (κ3) is 4.31. The summed E-state index contributed by atoms with van der Waals surface area (Å²) in [5.74, 6) is -1.14. The lowest BCUT2D eigenvalue weighted by Crippen LogP contribution is -2.43. The van der Waals surface area contributed by atoms with Gasteiger partial charge in [-0.15, -0.1) is 0 Å². The zero-order chi connectivity index (χ0) is 17.0. The van der Waals surface area contributed by atoms with Crippen molar-refractivity contribution in [2.75, 3.05) is 6.54 Å². The number of carbonyl (C=O) groups excluding carboxylic acids is 2. The minimum atomic E-state index is -0.969. The molecule has 0 spiro atoms. The molecule has 0 aliphatic carbocycles. The molecule has 6 heteroatoms. The number of rotatable bonds is 6. The van der Waals surface area contributed by atoms with Gasteiger partial charge in [0.1, 0.15) is 6.04 Å². The lowest BCUT2D eigenvalue weighted by atomic mass is 10.1. The molecule has 0 radical (unpaired) electrons. The van der Waals surface area contributed by atoms with Gasteiger partial charge in [0.05, 0.1) is 5.56 Å². The third-order valence-electron chi connectivity index (χ3n) is 4.04. The highest BCUT2D eigenvalue weighted by molar-refractivity contribution is 5.89. The van der Waals surface area contributed by atoms with E-state index in [0.717, 1.165) is 5.56 Å². The molecule has 23 heavy (non-hydrogen) atoms. The monoisotopic (exact) mass is 318 g/mol. The molecule has 2 rings (SSSR count). The fourth-order valence-electron chi connectivity index (χ4n) is 2.69. The number of carboxylic acids is 1. The Labute approximate surface area is 135 Å². The van der Waals surface area contributed by atoms with Crippen LogP contribution in [0.3, 0.4) is 0 Å². The summed E-state index contributed by atoms with van der Waals surface area (Å²) >= 11 is 0. The van der Waals surface area contributed by atoms with E-state index in [-0.39, 0.29) is 29.8 Å². The van der Waals surface area contributed by atoms with Crippen molar-refractivity contribution in [1.82, 2.24) is 10.2 Å². The molecular weight excluding hydrogens is 296 g/mol. The average Bonchev–Trinajstić information content (AvgIpc) is 2.87. The van der Waals surface area contributed by atoms with E-state index in [1.807, 2.05) is 13.8 Å². The van der Waals surface area contributed by atoms with Gasteiger partial charge in [-0.3, -0.25) is 9.59 Å². The van der Waals surface area contributed by atoms with Gasteiger partial charge in [0.15, 0.2) is 0 Å². The molecule has 1 aromatic rings. The van der Waals surface area contributed by atoms with Crippen molar-refractivity contribution in [1.29, 1.82) is 0 Å². The van der Waals surface area contributed by atoms with Gasteiger partial charge in [0.2, 0.25) is 11.8 Å². The number of carboxylic acid groups (broad SMARTS) is 1. The maximum absolute atomic E-state index is 12.1. The standard InChI is InChI=1S/C17H22N2O4/c1-11(2)19-10-9-14(16(19)21)18-15(20)8-5-12-3-6-13(7-4-12)17(22)23/h3-4,6-7,11,14H,5,8-10H2,1-2H3,(H,18,20)(H,22,23)/t14-/m0/s1. The maximum atomic E-state index is 12.1. The summed E-state index contributed by atoms with van der Waals surface area (Å²) in [7, 11) is 0. The third-order valence-corrected chi connectivity index (χ3v) is 4.04. The Balaban J connectivity index is 1.81. The van der Waals surface area contributed by atoms with Crippen LogP contribution in [0.4, 0.5) is 0 Å². The van der Waals surface area contributed by atoms with Crippen molar-refractivity contribution >= 4 is 17.8 Å². The fraction of sp³-hybridized carbons (Fsp3) is 0.471. The molecule has 124 valence electrons. The van der Waals surface area contributed by atoms with E-state index >= 15 is 0 Å². The van der Waals surface area contributed by atoms with Gasteiger partial charge in [0.25, 0.3) is 0 Å². The van der Waals surface area contributed by atoms with E-state index in [9.17, 15) is 14.4 Å². The zero-order valence-corrected chi connectivity index (χ0v) is 13.4. The minimum Gasteiger partial charge on any atom is -0.478 e. The topological polar surface area (TPSA) is 86.7 Å². The van der Waals surface area contributed by atoms with Crippen molar-refractivity contribution in [3.05, 3.63) is 35.4 Å². The van der Waals surface area contributed by atoms with E-state index in [2.05, 4.69) is 5.32 Å². The zero-order valence-electron chi connectivity index (χ0n) is 13.4. The second kappa shape index (κ2) is 7.26. The number of aromatic carboxylic acids is 1. The normalized spacial score (nSPS) is 17.6. The van der Waals surface area contributed by atoms with Gasteiger partial charge in [0, 0.05) is 19.0 Å². The van der Waals surface area contributed by atoms with E-state index in [1.54, 1.807) is 17.0 Å². The van der Waals surface area contributed by atoms with Gasteiger partial charge >= 0.3 is 5.97 Å². The van der Waals surface area contributed by atoms with Crippen LogP contribution in [0.2, 0.25) is 0 Å². The molecule has 0 unspecified atom stereocenters. The Morgan fingerprint density at radius 2 is 1.96 bits per heavy atom. The van der Waals surface area contributed by atoms with E-state index in [0.29, 0.717) is 19.4 Å². The van der Waals surface area contributed by atoms with Gasteiger partial charge in [-0.25, -0.2) is 4.79 Å². The Morgan fingerprint density at radius 1 is 1.30 bits per heavy atom. The largest absolute Gasteiger partial charge is 0.478 e. The van der Waals surface area contributed by atoms with Crippen LogP contribution >= 0.6 is 0 Å². The molecule has 0 saturated carbocycles. The molecule has 1 aromatic carbocycles. The molecule has 1 saturated heterocycles. The minimum absolute atomic E-state index is 0.0147. The molecule has 1 atom stereocenters. The predicted molar refractivity (Wildman–Crippen MR) is 85.1 cm³/mol. The van der Waals surface area contributed by atoms with Crippen molar-refractivity contribution < 1.29 is 19.5 Å². The predicted octanol–water partition coefficient (Wildman–Crippen LogP) is 1.44. The van der Waals surface area contributed by atoms with Crippen LogP contribution in [-0.2, 0) is 16.0 Å². The number of aryl methyl sites for hydroxylation is 1. The highest BCUT2D eigenvalue weighted by atomic mass is 16.4. The van der Waals surface area contributed by atoms with Crippen LogP contribution in [0.15, 0.2) is 24.3 Å². The molecule has 0 aromatic heterocycles. The molecule has 1 heterocycles. The van der Waals surface area contributed by atoms with Gasteiger partial charge in [-0.2, -0.15) is 0 Å². The van der Waals surface area contributed by atoms with Crippen LogP contribution in [0, 0.1) is 0 Å². The SMILES string of the molecule is CC(C)N1CC[C@H](NC(=O)CCc2ccc(C(=O)O)cc2)C1=O. The molecule has 1 aliphatic heterocycles. The number of hydrogen-bond donors (Lipinski definition) is 2. The molecule has 0 bridgehead atoms. The highest BCUT2D eigenvalue weighted by Gasteiger charge is 2.33. The first-order valence-corrected chi connectivity index (χ1v) is 7.80. The molecular formula is C17H22N2O4. The molecule has 2 amide bonds. The fourth-order valence-corrected chi connectivity index (χ4v) is 2.69. The summed E-state index contributed by atoms with van der Waals surface area (Å²) in [6.45, 7) is 4.60. The number of amides is 2. The van der Waals surface area contributed by atoms with Crippen LogP contribution < -0.4 is 5.32 Å². The van der Waals surface area contributed by atoms with Gasteiger partial charge < -0.3 is 15.3 Å². The van der Waals surface area contributed by atoms with Crippen molar-refractivity contribution in [2.24, 2.45) is 0 Å². The van der Waals surface area contributed by atoms with Crippen molar-refractivity contribution in [3.63, 3.8) is 0 Å². The lowest BCUT2D eigenvalue weighted by molar-refractivity contribution is -0.133. The smallest absolute Gasteiger partial charge is 0.335 e. The average molecular weight is 318 g/mol. The number of hydrogen-bond acceptors (Lipinski definition) is 3. The summed E-state index contributed by atoms with van der Waals surface area (Å²) in [4.78, 5) is 36.7. The van der Waals surface area contributed by atoms with Crippen LogP contribution in [0.5, 0.6) is 0 Å². The number of carbonyl (C=O) groups is 3. The summed E-state index contributed by atoms with van der Waals surface area (Å²) in [6.07, 6.45) is 1.44. The van der Waals surface area contributed by atoms with Gasteiger partial charge in [-0.1, -0.05) is 12.1 Å². The first kappa shape index (κ1) is 17.0. The Hall–Kier alpha value is -2.37. The lowest BCUT2D eigenvalue weighted by Gasteiger charge is -2.21. The molecule has 1 fully saturated rings. The number of benzene rings is 1. The maximum Gasteiger partial charge on any atom is 0.335 e. The van der Waals surface area contributed by atoms with Crippen LogP contribution in [-0.4, -0.2) is 46.4 Å². The summed E-state index contributed by atoms with van der Waals surface area (Å²) in [6, 6.07) is 6.19. The number of likely N-dealkylation sites (tertiary alicyclic amines) is 1. The van der Waals surface area contributed by atoms with E-state index in [4.69, 9.17) is 5.11 Å². The van der Waals surface area contributed by atoms with Gasteiger partial charge in [-0.05, 0) is 44.4 Å². The molecule has 1 aliphatic rings. The summed E-state index contributed by atoms with van der Waals surface area (Å²) in [5.41, 5.74) is 1.12. The second-order valence-electron chi connectivity index (χ2n) is 6.04. The summed E-state index contributed by atoms with van der Waals surface area (Å²) < 4.78 is 0. The molecule has 2 N–H and O–H groups in total. The quantitative estimate of drug-likeness (QED) is 0.831. The summed E-state index contributed by atoms with van der Waals surface area (Å²) in [5, 5.41) is 11.6. The Morgan fingerprint density at radius 3 is 2.48 bits per heavy atom. The second-order valence-corrected chi connectivity index (χ2v) is 6.04. The Bertz CT molecular complexity index is 595. The van der Waals surface area contributed by atoms with Crippen LogP contribution in [0.25, 0.3) is 0 Å². The van der Waals surface area contributed by atoms with E-state index < -0.39 is 12.0 Å².